The van der Waals surface area contributed by atoms with Crippen molar-refractivity contribution in [1.82, 2.24) is 14.8 Å². The third-order valence-electron chi connectivity index (χ3n) is 9.53. The van der Waals surface area contributed by atoms with Gasteiger partial charge in [0, 0.05) is 36.6 Å². The van der Waals surface area contributed by atoms with Gasteiger partial charge in [-0.25, -0.2) is 13.8 Å². The van der Waals surface area contributed by atoms with Crippen LogP contribution in [0, 0.1) is 34.4 Å². The predicted octanol–water partition coefficient (Wildman–Crippen LogP) is 5.53. The number of anilines is 1. The van der Waals surface area contributed by atoms with Crippen LogP contribution < -0.4 is 9.64 Å². The van der Waals surface area contributed by atoms with Gasteiger partial charge in [0.25, 0.3) is 5.91 Å². The number of aromatic nitrogens is 1. The van der Waals surface area contributed by atoms with E-state index in [9.17, 15) is 19.7 Å². The van der Waals surface area contributed by atoms with E-state index in [4.69, 9.17) is 4.74 Å². The summed E-state index contributed by atoms with van der Waals surface area (Å²) < 4.78 is 36.9. The molecule has 2 saturated heterocycles. The number of likely N-dealkylation sites (N-methyl/N-ethyl adjacent to an activating group) is 1. The average Bonchev–Trinajstić information content (AvgIpc) is 3.63. The van der Waals surface area contributed by atoms with Crippen LogP contribution in [0.25, 0.3) is 22.0 Å². The van der Waals surface area contributed by atoms with E-state index < -0.39 is 23.6 Å². The molecule has 8 nitrogen and oxygen atoms in total. The number of fused-ring (bicyclic) bond motifs is 2. The molecule has 232 valence electrons. The van der Waals surface area contributed by atoms with Crippen molar-refractivity contribution in [2.24, 2.45) is 5.92 Å². The van der Waals surface area contributed by atoms with E-state index in [-0.39, 0.29) is 49.1 Å². The van der Waals surface area contributed by atoms with Gasteiger partial charge in [-0.3, -0.25) is 4.79 Å². The van der Waals surface area contributed by atoms with Crippen molar-refractivity contribution in [3.8, 4) is 29.1 Å². The Bertz CT molecular complexity index is 1760. The molecule has 3 heterocycles. The number of piperazine rings is 1. The van der Waals surface area contributed by atoms with Crippen molar-refractivity contribution in [1.29, 1.82) is 10.5 Å². The van der Waals surface area contributed by atoms with Gasteiger partial charge in [-0.05, 0) is 68.0 Å². The highest BCUT2D eigenvalue weighted by atomic mass is 19.1. The first-order chi connectivity index (χ1) is 21.7. The molecule has 1 aromatic heterocycles. The second-order valence-corrected chi connectivity index (χ2v) is 12.5. The minimum Gasteiger partial charge on any atom is -0.475 e. The first-order valence-electron chi connectivity index (χ1n) is 15.5. The fourth-order valence-corrected chi connectivity index (χ4v) is 7.24. The number of likely N-dealkylation sites (tertiary alicyclic amines) is 1. The quantitative estimate of drug-likeness (QED) is 0.325. The van der Waals surface area contributed by atoms with Crippen LogP contribution in [0.3, 0.4) is 0 Å². The molecule has 45 heavy (non-hydrogen) atoms. The van der Waals surface area contributed by atoms with Gasteiger partial charge >= 0.3 is 0 Å². The molecule has 3 aliphatic rings. The maximum atomic E-state index is 16.8. The number of nitrogens with zero attached hydrogens (tertiary/aromatic N) is 6. The summed E-state index contributed by atoms with van der Waals surface area (Å²) in [5.41, 5.74) is 4.34. The van der Waals surface area contributed by atoms with E-state index >= 15 is 4.39 Å². The number of hydrogen-bond acceptors (Lipinski definition) is 7. The van der Waals surface area contributed by atoms with Gasteiger partial charge in [-0.1, -0.05) is 37.8 Å². The number of pyridine rings is 1. The molecule has 6 rings (SSSR count). The van der Waals surface area contributed by atoms with Crippen molar-refractivity contribution in [3.05, 3.63) is 65.2 Å². The second-order valence-electron chi connectivity index (χ2n) is 12.5. The maximum absolute atomic E-state index is 16.8. The topological polar surface area (TPSA) is 96.5 Å². The predicted molar refractivity (Wildman–Crippen MR) is 168 cm³/mol. The molecule has 0 saturated carbocycles. The summed E-state index contributed by atoms with van der Waals surface area (Å²) in [4.78, 5) is 22.6. The van der Waals surface area contributed by atoms with E-state index in [1.807, 2.05) is 24.1 Å². The van der Waals surface area contributed by atoms with Crippen LogP contribution in [0.2, 0.25) is 0 Å². The fourth-order valence-electron chi connectivity index (χ4n) is 7.24. The molecule has 10 heteroatoms. The molecule has 3 atom stereocenters. The Labute approximate surface area is 262 Å². The number of rotatable bonds is 7. The summed E-state index contributed by atoms with van der Waals surface area (Å²) >= 11 is 0. The minimum atomic E-state index is -1.09. The van der Waals surface area contributed by atoms with Gasteiger partial charge in [0.2, 0.25) is 5.88 Å². The molecule has 3 aromatic rings. The van der Waals surface area contributed by atoms with Crippen LogP contribution in [0.5, 0.6) is 5.88 Å². The zero-order valence-corrected chi connectivity index (χ0v) is 25.7. The van der Waals surface area contributed by atoms with Crippen LogP contribution in [-0.4, -0.2) is 72.6 Å². The third kappa shape index (κ3) is 5.60. The van der Waals surface area contributed by atoms with Crippen molar-refractivity contribution in [2.75, 3.05) is 44.7 Å². The Kier molecular flexibility index (Phi) is 8.44. The standard InChI is InChI=1S/C35H36F2N6O2/c1-21-16-23-6-4-8-26(29(23)17-21)27-9-10-28-32(31(27)37)40-34(45-20-25-7-5-13-41(25)3)30(18-39)33(28)42-14-15-43(35(44)22(2)36)24(19-42)11-12-38/h4,6,8-10,21,24-25H,2,5,7,11,13-17,19-20H2,1,3H3/t21?,24-,25-/m0/s1. The summed E-state index contributed by atoms with van der Waals surface area (Å²) in [5.74, 6) is -1.92. The third-order valence-corrected chi connectivity index (χ3v) is 9.53. The molecule has 2 aromatic carbocycles. The second kappa shape index (κ2) is 12.5. The van der Waals surface area contributed by atoms with Gasteiger partial charge in [0.15, 0.2) is 11.6 Å². The molecule has 1 aliphatic carbocycles. The molecule has 0 spiro atoms. The van der Waals surface area contributed by atoms with Crippen molar-refractivity contribution >= 4 is 22.5 Å². The molecule has 0 radical (unpaired) electrons. The zero-order valence-electron chi connectivity index (χ0n) is 25.7. The highest BCUT2D eigenvalue weighted by molar-refractivity contribution is 5.99. The lowest BCUT2D eigenvalue weighted by molar-refractivity contribution is -0.131. The molecule has 2 aliphatic heterocycles. The first kappa shape index (κ1) is 30.5. The number of carbonyl (C=O) groups is 1. The largest absolute Gasteiger partial charge is 0.475 e. The molecule has 0 N–H and O–H groups in total. The van der Waals surface area contributed by atoms with Crippen LogP contribution in [0.1, 0.15) is 42.9 Å². The number of ether oxygens (including phenoxy) is 1. The van der Waals surface area contributed by atoms with Crippen molar-refractivity contribution in [2.45, 2.75) is 51.1 Å². The van der Waals surface area contributed by atoms with Crippen molar-refractivity contribution < 1.29 is 18.3 Å². The summed E-state index contributed by atoms with van der Waals surface area (Å²) in [6.45, 7) is 7.04. The number of hydrogen-bond donors (Lipinski definition) is 0. The molecule has 0 bridgehead atoms. The molecular weight excluding hydrogens is 574 g/mol. The summed E-state index contributed by atoms with van der Waals surface area (Å²) in [6, 6.07) is 13.4. The number of nitriles is 2. The zero-order chi connectivity index (χ0) is 31.8. The lowest BCUT2D eigenvalue weighted by Gasteiger charge is -2.42. The molecule has 1 unspecified atom stereocenters. The summed E-state index contributed by atoms with van der Waals surface area (Å²) in [5, 5.41) is 20.4. The van der Waals surface area contributed by atoms with E-state index in [1.54, 1.807) is 12.1 Å². The Morgan fingerprint density at radius 3 is 2.67 bits per heavy atom. The lowest BCUT2D eigenvalue weighted by Crippen LogP contribution is -2.55. The van der Waals surface area contributed by atoms with Gasteiger partial charge in [-0.15, -0.1) is 0 Å². The lowest BCUT2D eigenvalue weighted by atomic mass is 9.94. The summed E-state index contributed by atoms with van der Waals surface area (Å²) in [6.07, 6.45) is 3.76. The van der Waals surface area contributed by atoms with Crippen LogP contribution in [0.4, 0.5) is 14.5 Å². The van der Waals surface area contributed by atoms with Gasteiger partial charge in [0.05, 0.1) is 24.2 Å². The van der Waals surface area contributed by atoms with E-state index in [1.165, 1.54) is 10.5 Å². The Morgan fingerprint density at radius 2 is 1.96 bits per heavy atom. The SMILES string of the molecule is C=C(F)C(=O)N1CCN(c2c(C#N)c(OC[C@@H]3CCCN3C)nc3c(F)c(-c4cccc5c4CC(C)C5)ccc23)C[C@@H]1CC#N. The molecule has 2 fully saturated rings. The number of carbonyl (C=O) groups excluding carboxylic acids is 1. The minimum absolute atomic E-state index is 0.0478. The van der Waals surface area contributed by atoms with Gasteiger partial charge in [0.1, 0.15) is 23.8 Å². The van der Waals surface area contributed by atoms with E-state index in [0.29, 0.717) is 29.2 Å². The maximum Gasteiger partial charge on any atom is 0.282 e. The Hall–Kier alpha value is -4.54. The van der Waals surface area contributed by atoms with Crippen LogP contribution >= 0.6 is 0 Å². The summed E-state index contributed by atoms with van der Waals surface area (Å²) in [7, 11) is 2.03. The highest BCUT2D eigenvalue weighted by Crippen LogP contribution is 2.42. The van der Waals surface area contributed by atoms with Crippen LogP contribution in [-0.2, 0) is 17.6 Å². The van der Waals surface area contributed by atoms with Gasteiger partial charge < -0.3 is 19.4 Å². The molecular formula is C35H36F2N6O2. The van der Waals surface area contributed by atoms with Crippen molar-refractivity contribution in [3.63, 3.8) is 0 Å². The number of amides is 1. The first-order valence-corrected chi connectivity index (χ1v) is 15.5. The highest BCUT2D eigenvalue weighted by Gasteiger charge is 2.35. The average molecular weight is 611 g/mol. The number of halogens is 2. The number of benzene rings is 2. The van der Waals surface area contributed by atoms with E-state index in [2.05, 4.69) is 41.6 Å². The van der Waals surface area contributed by atoms with E-state index in [0.717, 1.165) is 43.4 Å². The smallest absolute Gasteiger partial charge is 0.282 e. The van der Waals surface area contributed by atoms with Crippen LogP contribution in [0.15, 0.2) is 42.7 Å². The Morgan fingerprint density at radius 1 is 1.13 bits per heavy atom. The normalized spacial score (nSPS) is 21.4. The Balaban J connectivity index is 1.48. The fraction of sp³-hybridized carbons (Fsp3) is 0.429. The monoisotopic (exact) mass is 610 g/mol. The molecule has 1 amide bonds. The van der Waals surface area contributed by atoms with Gasteiger partial charge in [-0.2, -0.15) is 10.5 Å².